The van der Waals surface area contributed by atoms with Crippen molar-refractivity contribution in [3.63, 3.8) is 0 Å². The number of hydrogen-bond donors (Lipinski definition) is 1. The van der Waals surface area contributed by atoms with E-state index in [9.17, 15) is 14.0 Å². The van der Waals surface area contributed by atoms with Gasteiger partial charge in [-0.1, -0.05) is 18.2 Å². The first kappa shape index (κ1) is 20.8. The molecule has 1 aromatic heterocycles. The Hall–Kier alpha value is -3.03. The fraction of sp³-hybridized carbons (Fsp3) is 0.500. The predicted molar refractivity (Wildman–Crippen MR) is 118 cm³/mol. The van der Waals surface area contributed by atoms with Gasteiger partial charge in [0, 0.05) is 50.9 Å². The van der Waals surface area contributed by atoms with Crippen LogP contribution in [-0.4, -0.2) is 58.4 Å². The molecule has 168 valence electrons. The Morgan fingerprint density at radius 3 is 2.56 bits per heavy atom. The summed E-state index contributed by atoms with van der Waals surface area (Å²) in [4.78, 5) is 38.4. The Bertz CT molecular complexity index is 1010. The molecule has 8 heteroatoms. The molecule has 0 radical (unpaired) electrons. The number of likely N-dealkylation sites (tertiary alicyclic amines) is 1. The number of benzene rings is 1. The summed E-state index contributed by atoms with van der Waals surface area (Å²) >= 11 is 0. The fourth-order valence-electron chi connectivity index (χ4n) is 5.44. The number of piperidine rings is 2. The van der Waals surface area contributed by atoms with Gasteiger partial charge in [-0.25, -0.2) is 14.4 Å². The van der Waals surface area contributed by atoms with Gasteiger partial charge in [0.2, 0.25) is 11.9 Å². The van der Waals surface area contributed by atoms with Gasteiger partial charge in [-0.05, 0) is 43.7 Å². The minimum atomic E-state index is -0.651. The maximum atomic E-state index is 14.7. The van der Waals surface area contributed by atoms with E-state index >= 15 is 0 Å². The lowest BCUT2D eigenvalue weighted by molar-refractivity contribution is -0.125. The summed E-state index contributed by atoms with van der Waals surface area (Å²) in [5.74, 6) is -0.178. The molecule has 0 unspecified atom stereocenters. The molecule has 1 spiro atoms. The van der Waals surface area contributed by atoms with Crippen LogP contribution in [0.4, 0.5) is 10.3 Å². The standard InChI is InChI=1S/C24H28FN5O2/c25-20-8-3-2-7-18(20)19-15-30(16-24(19)10-6-9-21(31)28-24)22(32)17-13-26-23(27-14-17)29-11-4-1-5-12-29/h2-3,7-8,13-14,19H,1,4-6,9-12,15-16H2,(H,28,31)/t19-,24+/m0/s1. The molecule has 3 fully saturated rings. The molecule has 4 heterocycles. The maximum Gasteiger partial charge on any atom is 0.257 e. The zero-order chi connectivity index (χ0) is 22.1. The van der Waals surface area contributed by atoms with E-state index in [0.717, 1.165) is 32.4 Å². The first-order chi connectivity index (χ1) is 15.6. The normalized spacial score (nSPS) is 25.8. The van der Waals surface area contributed by atoms with Crippen LogP contribution >= 0.6 is 0 Å². The van der Waals surface area contributed by atoms with Crippen molar-refractivity contribution in [1.29, 1.82) is 0 Å². The van der Waals surface area contributed by atoms with Crippen molar-refractivity contribution >= 4 is 17.8 Å². The van der Waals surface area contributed by atoms with Crippen molar-refractivity contribution in [3.8, 4) is 0 Å². The Labute approximate surface area is 187 Å². The Morgan fingerprint density at radius 2 is 1.84 bits per heavy atom. The molecular formula is C24H28FN5O2. The van der Waals surface area contributed by atoms with E-state index in [2.05, 4.69) is 20.2 Å². The third-order valence-electron chi connectivity index (χ3n) is 7.05. The summed E-state index contributed by atoms with van der Waals surface area (Å²) in [6.45, 7) is 2.57. The molecule has 3 saturated heterocycles. The van der Waals surface area contributed by atoms with E-state index in [-0.39, 0.29) is 23.5 Å². The molecule has 7 nitrogen and oxygen atoms in total. The van der Waals surface area contributed by atoms with Crippen LogP contribution in [0.15, 0.2) is 36.7 Å². The molecule has 5 rings (SSSR count). The molecule has 0 bridgehead atoms. The summed E-state index contributed by atoms with van der Waals surface area (Å²) in [7, 11) is 0. The summed E-state index contributed by atoms with van der Waals surface area (Å²) in [5.41, 5.74) is 0.306. The zero-order valence-electron chi connectivity index (χ0n) is 18.1. The van der Waals surface area contributed by atoms with Crippen molar-refractivity contribution in [2.75, 3.05) is 31.1 Å². The average molecular weight is 438 g/mol. The van der Waals surface area contributed by atoms with Crippen LogP contribution in [0.1, 0.15) is 60.4 Å². The number of carbonyl (C=O) groups is 2. The Kier molecular flexibility index (Phi) is 5.53. The zero-order valence-corrected chi connectivity index (χ0v) is 18.1. The van der Waals surface area contributed by atoms with Gasteiger partial charge in [-0.2, -0.15) is 0 Å². The third-order valence-corrected chi connectivity index (χ3v) is 7.05. The molecule has 1 aromatic carbocycles. The average Bonchev–Trinajstić information content (AvgIpc) is 3.17. The number of rotatable bonds is 3. The topological polar surface area (TPSA) is 78.4 Å². The predicted octanol–water partition coefficient (Wildman–Crippen LogP) is 2.88. The van der Waals surface area contributed by atoms with Crippen LogP contribution in [0.2, 0.25) is 0 Å². The van der Waals surface area contributed by atoms with Crippen LogP contribution in [0.3, 0.4) is 0 Å². The summed E-state index contributed by atoms with van der Waals surface area (Å²) in [5, 5.41) is 3.12. The SMILES string of the molecule is O=C1CCC[C@]2(CN(C(=O)c3cnc(N4CCCCC4)nc3)C[C@H]2c2ccccc2F)N1. The van der Waals surface area contributed by atoms with Crippen molar-refractivity contribution in [2.24, 2.45) is 0 Å². The van der Waals surface area contributed by atoms with Crippen molar-refractivity contribution in [3.05, 3.63) is 53.6 Å². The minimum Gasteiger partial charge on any atom is -0.348 e. The van der Waals surface area contributed by atoms with Crippen LogP contribution in [-0.2, 0) is 4.79 Å². The number of amides is 2. The lowest BCUT2D eigenvalue weighted by atomic mass is 9.76. The molecule has 2 aromatic rings. The molecule has 3 aliphatic rings. The molecule has 1 N–H and O–H groups in total. The number of anilines is 1. The van der Waals surface area contributed by atoms with E-state index in [1.165, 1.54) is 12.5 Å². The van der Waals surface area contributed by atoms with E-state index in [0.29, 0.717) is 43.0 Å². The van der Waals surface area contributed by atoms with Crippen LogP contribution in [0.25, 0.3) is 0 Å². The smallest absolute Gasteiger partial charge is 0.257 e. The second-order valence-electron chi connectivity index (χ2n) is 9.14. The van der Waals surface area contributed by atoms with Crippen molar-refractivity contribution < 1.29 is 14.0 Å². The van der Waals surface area contributed by atoms with E-state index < -0.39 is 5.54 Å². The second kappa shape index (κ2) is 8.48. The Balaban J connectivity index is 1.39. The first-order valence-corrected chi connectivity index (χ1v) is 11.5. The second-order valence-corrected chi connectivity index (χ2v) is 9.14. The summed E-state index contributed by atoms with van der Waals surface area (Å²) in [6.07, 6.45) is 8.56. The molecule has 0 saturated carbocycles. The monoisotopic (exact) mass is 437 g/mol. The highest BCUT2D eigenvalue weighted by Crippen LogP contribution is 2.42. The minimum absolute atomic E-state index is 0.0406. The van der Waals surface area contributed by atoms with Crippen LogP contribution in [0.5, 0.6) is 0 Å². The quantitative estimate of drug-likeness (QED) is 0.799. The number of nitrogens with one attached hydrogen (secondary N) is 1. The lowest BCUT2D eigenvalue weighted by Crippen LogP contribution is -2.56. The van der Waals surface area contributed by atoms with Gasteiger partial charge in [-0.3, -0.25) is 9.59 Å². The number of aromatic nitrogens is 2. The highest BCUT2D eigenvalue weighted by Gasteiger charge is 2.51. The third kappa shape index (κ3) is 3.82. The number of halogens is 1. The number of hydrogen-bond acceptors (Lipinski definition) is 5. The molecule has 32 heavy (non-hydrogen) atoms. The fourth-order valence-corrected chi connectivity index (χ4v) is 5.44. The first-order valence-electron chi connectivity index (χ1n) is 11.5. The highest BCUT2D eigenvalue weighted by molar-refractivity contribution is 5.94. The van der Waals surface area contributed by atoms with Gasteiger partial charge in [0.1, 0.15) is 5.82 Å². The van der Waals surface area contributed by atoms with Gasteiger partial charge in [0.15, 0.2) is 0 Å². The molecule has 2 amide bonds. The molecule has 2 atom stereocenters. The van der Waals surface area contributed by atoms with Crippen molar-refractivity contribution in [1.82, 2.24) is 20.2 Å². The van der Waals surface area contributed by atoms with Gasteiger partial charge >= 0.3 is 0 Å². The van der Waals surface area contributed by atoms with Gasteiger partial charge in [-0.15, -0.1) is 0 Å². The van der Waals surface area contributed by atoms with E-state index in [1.54, 1.807) is 35.5 Å². The molecule has 0 aliphatic carbocycles. The summed E-state index contributed by atoms with van der Waals surface area (Å²) < 4.78 is 14.7. The van der Waals surface area contributed by atoms with E-state index in [1.807, 2.05) is 0 Å². The van der Waals surface area contributed by atoms with E-state index in [4.69, 9.17) is 0 Å². The highest BCUT2D eigenvalue weighted by atomic mass is 19.1. The van der Waals surface area contributed by atoms with Crippen LogP contribution in [0, 0.1) is 5.82 Å². The van der Waals surface area contributed by atoms with Gasteiger partial charge in [0.25, 0.3) is 5.91 Å². The van der Waals surface area contributed by atoms with Crippen molar-refractivity contribution in [2.45, 2.75) is 50.0 Å². The molecule has 3 aliphatic heterocycles. The number of nitrogens with zero attached hydrogens (tertiary/aromatic N) is 4. The van der Waals surface area contributed by atoms with Gasteiger partial charge < -0.3 is 15.1 Å². The largest absolute Gasteiger partial charge is 0.348 e. The Morgan fingerprint density at radius 1 is 1.09 bits per heavy atom. The maximum absolute atomic E-state index is 14.7. The van der Waals surface area contributed by atoms with Gasteiger partial charge in [0.05, 0.1) is 11.1 Å². The summed E-state index contributed by atoms with van der Waals surface area (Å²) in [6, 6.07) is 6.65. The lowest BCUT2D eigenvalue weighted by Gasteiger charge is -2.39. The molecular weight excluding hydrogens is 409 g/mol. The van der Waals surface area contributed by atoms with Crippen LogP contribution < -0.4 is 10.2 Å². The number of carbonyl (C=O) groups excluding carboxylic acids is 2.